The van der Waals surface area contributed by atoms with E-state index in [4.69, 9.17) is 0 Å². The van der Waals surface area contributed by atoms with Crippen LogP contribution in [-0.2, 0) is 10.0 Å². The lowest BCUT2D eigenvalue weighted by atomic mass is 9.95. The van der Waals surface area contributed by atoms with Gasteiger partial charge < -0.3 is 0 Å². The van der Waals surface area contributed by atoms with Crippen LogP contribution in [0.15, 0.2) is 30.3 Å². The van der Waals surface area contributed by atoms with Crippen LogP contribution in [-0.4, -0.2) is 14.7 Å². The summed E-state index contributed by atoms with van der Waals surface area (Å²) in [4.78, 5) is 0. The van der Waals surface area contributed by atoms with E-state index in [1.54, 1.807) is 12.1 Å². The van der Waals surface area contributed by atoms with E-state index in [1.165, 1.54) is 0 Å². The van der Waals surface area contributed by atoms with Crippen molar-refractivity contribution in [3.05, 3.63) is 35.9 Å². The Bertz CT molecular complexity index is 493. The summed E-state index contributed by atoms with van der Waals surface area (Å²) in [5.74, 6) is 0. The summed E-state index contributed by atoms with van der Waals surface area (Å²) < 4.78 is 24.5. The lowest BCUT2D eigenvalue weighted by Gasteiger charge is -2.11. The van der Waals surface area contributed by atoms with Crippen LogP contribution < -0.4 is 4.72 Å². The van der Waals surface area contributed by atoms with Gasteiger partial charge in [0.1, 0.15) is 0 Å². The monoisotopic (exact) mass is 253 g/mol. The molecule has 0 spiro atoms. The average molecular weight is 253 g/mol. The number of rotatable bonds is 3. The number of nitrogens with one attached hydrogen (secondary N) is 1. The molecule has 0 bridgehead atoms. The molecule has 1 rings (SSSR count). The molecule has 0 aliphatic rings. The predicted octanol–water partition coefficient (Wildman–Crippen LogP) is 3.12. The molecule has 0 aliphatic heterocycles. The quantitative estimate of drug-likeness (QED) is 0.899. The van der Waals surface area contributed by atoms with Gasteiger partial charge in [0.15, 0.2) is 0 Å². The lowest BCUT2D eigenvalue weighted by Crippen LogP contribution is -2.09. The first-order valence-corrected chi connectivity index (χ1v) is 7.32. The molecule has 4 heteroatoms. The molecule has 0 aliphatic carbocycles. The third-order valence-electron chi connectivity index (χ3n) is 1.99. The van der Waals surface area contributed by atoms with Gasteiger partial charge in [-0.15, -0.1) is 0 Å². The Labute approximate surface area is 104 Å². The normalized spacial score (nSPS) is 12.9. The fourth-order valence-electron chi connectivity index (χ4n) is 1.22. The smallest absolute Gasteiger partial charge is 0.229 e. The molecule has 0 radical (unpaired) electrons. The van der Waals surface area contributed by atoms with Crippen molar-refractivity contribution < 1.29 is 8.42 Å². The molecule has 0 unspecified atom stereocenters. The number of hydrogen-bond acceptors (Lipinski definition) is 2. The number of hydrogen-bond donors (Lipinski definition) is 1. The first kappa shape index (κ1) is 13.8. The van der Waals surface area contributed by atoms with Crippen LogP contribution >= 0.6 is 0 Å². The lowest BCUT2D eigenvalue weighted by molar-refractivity contribution is 0.547. The zero-order chi connectivity index (χ0) is 13.1. The highest BCUT2D eigenvalue weighted by molar-refractivity contribution is 7.92. The van der Waals surface area contributed by atoms with Gasteiger partial charge in [-0.05, 0) is 23.1 Å². The minimum Gasteiger partial charge on any atom is -0.284 e. The maximum atomic E-state index is 11.0. The van der Waals surface area contributed by atoms with E-state index in [0.717, 1.165) is 11.8 Å². The van der Waals surface area contributed by atoms with Gasteiger partial charge in [0, 0.05) is 5.69 Å². The topological polar surface area (TPSA) is 46.2 Å². The minimum absolute atomic E-state index is 0.143. The summed E-state index contributed by atoms with van der Waals surface area (Å²) in [6.07, 6.45) is 5.29. The molecule has 1 aromatic rings. The highest BCUT2D eigenvalue weighted by atomic mass is 32.2. The van der Waals surface area contributed by atoms with Crippen molar-refractivity contribution in [3.63, 3.8) is 0 Å². The van der Waals surface area contributed by atoms with Crippen LogP contribution in [0.5, 0.6) is 0 Å². The van der Waals surface area contributed by atoms with Crippen molar-refractivity contribution in [2.45, 2.75) is 20.8 Å². The van der Waals surface area contributed by atoms with Crippen molar-refractivity contribution in [2.24, 2.45) is 5.41 Å². The van der Waals surface area contributed by atoms with E-state index < -0.39 is 10.0 Å². The summed E-state index contributed by atoms with van der Waals surface area (Å²) in [5.41, 5.74) is 1.78. The molecule has 0 atom stereocenters. The fraction of sp³-hybridized carbons (Fsp3) is 0.385. The van der Waals surface area contributed by atoms with E-state index >= 15 is 0 Å². The first-order valence-electron chi connectivity index (χ1n) is 5.43. The summed E-state index contributed by atoms with van der Waals surface area (Å²) in [7, 11) is -3.19. The predicted molar refractivity (Wildman–Crippen MR) is 73.4 cm³/mol. The van der Waals surface area contributed by atoms with Crippen LogP contribution in [0.1, 0.15) is 26.3 Å². The molecule has 94 valence electrons. The van der Waals surface area contributed by atoms with Crippen LogP contribution in [0.25, 0.3) is 6.08 Å². The molecule has 3 nitrogen and oxygen atoms in total. The Balaban J connectivity index is 2.79. The van der Waals surface area contributed by atoms with Gasteiger partial charge in [0.25, 0.3) is 0 Å². The van der Waals surface area contributed by atoms with E-state index in [1.807, 2.05) is 18.2 Å². The Hall–Kier alpha value is -1.29. The second-order valence-corrected chi connectivity index (χ2v) is 6.94. The standard InChI is InChI=1S/C13H19NO2S/c1-13(2,3)10-9-11-5-7-12(8-6-11)14-17(4,15)16/h5-10,14H,1-4H3/b10-9+. The molecule has 0 fully saturated rings. The zero-order valence-electron chi connectivity index (χ0n) is 10.7. The molecule has 0 saturated carbocycles. The van der Waals surface area contributed by atoms with Gasteiger partial charge in [-0.3, -0.25) is 4.72 Å². The summed E-state index contributed by atoms with van der Waals surface area (Å²) in [6.45, 7) is 6.38. The van der Waals surface area contributed by atoms with Crippen molar-refractivity contribution in [1.29, 1.82) is 0 Å². The van der Waals surface area contributed by atoms with Crippen LogP contribution in [0, 0.1) is 5.41 Å². The average Bonchev–Trinajstić information content (AvgIpc) is 2.13. The van der Waals surface area contributed by atoms with Gasteiger partial charge in [-0.25, -0.2) is 8.42 Å². The summed E-state index contributed by atoms with van der Waals surface area (Å²) in [5, 5.41) is 0. The SMILES string of the molecule is CC(C)(C)/C=C/c1ccc(NS(C)(=O)=O)cc1. The van der Waals surface area contributed by atoms with Gasteiger partial charge in [0.2, 0.25) is 10.0 Å². The van der Waals surface area contributed by atoms with Crippen LogP contribution in [0.4, 0.5) is 5.69 Å². The van der Waals surface area contributed by atoms with Gasteiger partial charge in [-0.2, -0.15) is 0 Å². The molecule has 17 heavy (non-hydrogen) atoms. The number of allylic oxidation sites excluding steroid dienone is 1. The number of benzene rings is 1. The fourth-order valence-corrected chi connectivity index (χ4v) is 1.79. The van der Waals surface area contributed by atoms with Crippen LogP contribution in [0.3, 0.4) is 0 Å². The Morgan fingerprint density at radius 2 is 1.65 bits per heavy atom. The highest BCUT2D eigenvalue weighted by Crippen LogP contribution is 2.18. The van der Waals surface area contributed by atoms with E-state index in [9.17, 15) is 8.42 Å². The third-order valence-corrected chi connectivity index (χ3v) is 2.60. The molecule has 0 heterocycles. The van der Waals surface area contributed by atoms with Crippen molar-refractivity contribution in [2.75, 3.05) is 11.0 Å². The largest absolute Gasteiger partial charge is 0.284 e. The zero-order valence-corrected chi connectivity index (χ0v) is 11.5. The minimum atomic E-state index is -3.19. The molecule has 0 amide bonds. The Morgan fingerprint density at radius 1 is 1.12 bits per heavy atom. The summed E-state index contributed by atoms with van der Waals surface area (Å²) >= 11 is 0. The second kappa shape index (κ2) is 4.92. The second-order valence-electron chi connectivity index (χ2n) is 5.20. The molecule has 1 aromatic carbocycles. The Kier molecular flexibility index (Phi) is 3.98. The summed E-state index contributed by atoms with van der Waals surface area (Å²) in [6, 6.07) is 7.28. The van der Waals surface area contributed by atoms with Crippen LogP contribution in [0.2, 0.25) is 0 Å². The molecular formula is C13H19NO2S. The van der Waals surface area contributed by atoms with Gasteiger partial charge in [-0.1, -0.05) is 45.1 Å². The maximum Gasteiger partial charge on any atom is 0.229 e. The molecule has 1 N–H and O–H groups in total. The van der Waals surface area contributed by atoms with Gasteiger partial charge >= 0.3 is 0 Å². The van der Waals surface area contributed by atoms with Gasteiger partial charge in [0.05, 0.1) is 6.26 Å². The number of sulfonamides is 1. The molecular weight excluding hydrogens is 234 g/mol. The highest BCUT2D eigenvalue weighted by Gasteiger charge is 2.04. The molecule has 0 saturated heterocycles. The first-order chi connectivity index (χ1) is 7.66. The Morgan fingerprint density at radius 3 is 2.06 bits per heavy atom. The van der Waals surface area contributed by atoms with E-state index in [2.05, 4.69) is 31.6 Å². The van der Waals surface area contributed by atoms with Crippen molar-refractivity contribution in [1.82, 2.24) is 0 Å². The van der Waals surface area contributed by atoms with E-state index in [-0.39, 0.29) is 5.41 Å². The van der Waals surface area contributed by atoms with Crippen molar-refractivity contribution >= 4 is 21.8 Å². The maximum absolute atomic E-state index is 11.0. The van der Waals surface area contributed by atoms with E-state index in [0.29, 0.717) is 5.69 Å². The van der Waals surface area contributed by atoms with Crippen molar-refractivity contribution in [3.8, 4) is 0 Å². The molecule has 0 aromatic heterocycles. The number of anilines is 1. The third kappa shape index (κ3) is 6.12.